The third kappa shape index (κ3) is 2.45. The van der Waals surface area contributed by atoms with Gasteiger partial charge in [0.05, 0.1) is 10.4 Å². The molecule has 0 bridgehead atoms. The number of carbonyl (C=O) groups excluding carboxylic acids is 1. The molecule has 1 aromatic rings. The van der Waals surface area contributed by atoms with E-state index in [9.17, 15) is 4.79 Å². The van der Waals surface area contributed by atoms with Crippen molar-refractivity contribution >= 4 is 17.2 Å². The Morgan fingerprint density at radius 1 is 1.56 bits per heavy atom. The van der Waals surface area contributed by atoms with E-state index < -0.39 is 0 Å². The summed E-state index contributed by atoms with van der Waals surface area (Å²) in [7, 11) is 1.96. The fraction of sp³-hybridized carbons (Fsp3) is 0.643. The van der Waals surface area contributed by atoms with Crippen molar-refractivity contribution in [2.24, 2.45) is 0 Å². The molecule has 0 spiro atoms. The molecule has 1 amide bonds. The van der Waals surface area contributed by atoms with Gasteiger partial charge in [-0.25, -0.2) is 0 Å². The number of piperidine rings is 1. The van der Waals surface area contributed by atoms with Crippen molar-refractivity contribution in [3.8, 4) is 0 Å². The summed E-state index contributed by atoms with van der Waals surface area (Å²) in [4.78, 5) is 15.7. The van der Waals surface area contributed by atoms with Crippen LogP contribution in [-0.4, -0.2) is 36.5 Å². The van der Waals surface area contributed by atoms with Crippen molar-refractivity contribution in [2.45, 2.75) is 38.6 Å². The first kappa shape index (κ1) is 13.6. The van der Waals surface area contributed by atoms with E-state index in [1.165, 1.54) is 6.42 Å². The van der Waals surface area contributed by atoms with E-state index >= 15 is 0 Å². The number of nitrogens with zero attached hydrogens (tertiary/aromatic N) is 1. The SMILES string of the molecule is CNCC1(C)CCCCN1C(=O)c1sccc1C. The van der Waals surface area contributed by atoms with Gasteiger partial charge in [0.25, 0.3) is 5.91 Å². The van der Waals surface area contributed by atoms with Crippen LogP contribution in [0.15, 0.2) is 11.4 Å². The molecule has 1 aromatic heterocycles. The molecule has 1 fully saturated rings. The molecule has 0 aromatic carbocycles. The van der Waals surface area contributed by atoms with E-state index in [-0.39, 0.29) is 11.4 Å². The molecule has 2 heterocycles. The lowest BCUT2D eigenvalue weighted by Gasteiger charge is -2.45. The molecule has 2 rings (SSSR count). The van der Waals surface area contributed by atoms with Crippen LogP contribution < -0.4 is 5.32 Å². The Labute approximate surface area is 113 Å². The molecule has 4 heteroatoms. The minimum Gasteiger partial charge on any atom is -0.331 e. The lowest BCUT2D eigenvalue weighted by molar-refractivity contribution is 0.0386. The van der Waals surface area contributed by atoms with E-state index in [2.05, 4.69) is 17.1 Å². The molecule has 0 saturated carbocycles. The highest BCUT2D eigenvalue weighted by Crippen LogP contribution is 2.30. The molecular formula is C14H22N2OS. The fourth-order valence-corrected chi connectivity index (χ4v) is 3.68. The van der Waals surface area contributed by atoms with Gasteiger partial charge < -0.3 is 10.2 Å². The van der Waals surface area contributed by atoms with Gasteiger partial charge in [-0.3, -0.25) is 4.79 Å². The Bertz CT molecular complexity index is 425. The lowest BCUT2D eigenvalue weighted by atomic mass is 9.88. The summed E-state index contributed by atoms with van der Waals surface area (Å²) in [6.07, 6.45) is 3.42. The standard InChI is InChI=1S/C14H22N2OS/c1-11-6-9-18-12(11)13(17)16-8-5-4-7-14(16,2)10-15-3/h6,9,15H,4-5,7-8,10H2,1-3H3. The number of thiophene rings is 1. The number of amides is 1. The van der Waals surface area contributed by atoms with E-state index in [1.54, 1.807) is 11.3 Å². The van der Waals surface area contributed by atoms with Crippen molar-refractivity contribution < 1.29 is 4.79 Å². The molecule has 0 radical (unpaired) electrons. The first-order valence-electron chi connectivity index (χ1n) is 6.59. The summed E-state index contributed by atoms with van der Waals surface area (Å²) in [5, 5.41) is 5.23. The number of aryl methyl sites for hydroxylation is 1. The lowest BCUT2D eigenvalue weighted by Crippen LogP contribution is -2.57. The van der Waals surface area contributed by atoms with Gasteiger partial charge in [0.15, 0.2) is 0 Å². The Morgan fingerprint density at radius 3 is 2.94 bits per heavy atom. The molecule has 100 valence electrons. The van der Waals surface area contributed by atoms with E-state index in [4.69, 9.17) is 0 Å². The Balaban J connectivity index is 2.24. The second-order valence-corrected chi connectivity index (χ2v) is 6.29. The predicted octanol–water partition coefficient (Wildman–Crippen LogP) is 2.66. The van der Waals surface area contributed by atoms with Crippen LogP contribution in [0.25, 0.3) is 0 Å². The maximum atomic E-state index is 12.7. The highest BCUT2D eigenvalue weighted by molar-refractivity contribution is 7.12. The molecule has 18 heavy (non-hydrogen) atoms. The molecular weight excluding hydrogens is 244 g/mol. The number of carbonyl (C=O) groups is 1. The van der Waals surface area contributed by atoms with Crippen molar-refractivity contribution in [2.75, 3.05) is 20.1 Å². The zero-order valence-electron chi connectivity index (χ0n) is 11.5. The molecule has 0 aliphatic carbocycles. The summed E-state index contributed by atoms with van der Waals surface area (Å²) in [6.45, 7) is 5.96. The summed E-state index contributed by atoms with van der Waals surface area (Å²) in [5.74, 6) is 0.208. The van der Waals surface area contributed by atoms with Gasteiger partial charge in [0, 0.05) is 13.1 Å². The van der Waals surface area contributed by atoms with E-state index in [0.29, 0.717) is 0 Å². The largest absolute Gasteiger partial charge is 0.331 e. The fourth-order valence-electron chi connectivity index (χ4n) is 2.81. The van der Waals surface area contributed by atoms with Crippen LogP contribution in [0.4, 0.5) is 0 Å². The maximum absolute atomic E-state index is 12.7. The van der Waals surface area contributed by atoms with Crippen LogP contribution in [0.3, 0.4) is 0 Å². The zero-order chi connectivity index (χ0) is 13.2. The minimum absolute atomic E-state index is 0.0412. The van der Waals surface area contributed by atoms with E-state index in [0.717, 1.165) is 36.4 Å². The first-order valence-corrected chi connectivity index (χ1v) is 7.47. The Hall–Kier alpha value is -0.870. The third-order valence-corrected chi connectivity index (χ3v) is 4.86. The van der Waals surface area contributed by atoms with Crippen molar-refractivity contribution in [3.63, 3.8) is 0 Å². The number of rotatable bonds is 3. The van der Waals surface area contributed by atoms with Gasteiger partial charge in [-0.1, -0.05) is 0 Å². The number of hydrogen-bond donors (Lipinski definition) is 1. The Kier molecular flexibility index (Phi) is 4.07. The smallest absolute Gasteiger partial charge is 0.264 e. The summed E-state index contributed by atoms with van der Waals surface area (Å²) >= 11 is 1.56. The van der Waals surface area contributed by atoms with Gasteiger partial charge in [0.2, 0.25) is 0 Å². The molecule has 1 aliphatic heterocycles. The normalized spacial score (nSPS) is 24.3. The predicted molar refractivity (Wildman–Crippen MR) is 76.3 cm³/mol. The van der Waals surface area contributed by atoms with Gasteiger partial charge in [-0.05, 0) is 57.2 Å². The molecule has 1 N–H and O–H groups in total. The number of nitrogens with one attached hydrogen (secondary N) is 1. The van der Waals surface area contributed by atoms with Gasteiger partial charge in [-0.2, -0.15) is 0 Å². The van der Waals surface area contributed by atoms with Gasteiger partial charge in [0.1, 0.15) is 0 Å². The van der Waals surface area contributed by atoms with Crippen molar-refractivity contribution in [1.29, 1.82) is 0 Å². The van der Waals surface area contributed by atoms with Gasteiger partial charge >= 0.3 is 0 Å². The van der Waals surface area contributed by atoms with Crippen molar-refractivity contribution in [3.05, 3.63) is 21.9 Å². The molecule has 1 aliphatic rings. The summed E-state index contributed by atoms with van der Waals surface area (Å²) in [5.41, 5.74) is 1.06. The molecule has 3 nitrogen and oxygen atoms in total. The average molecular weight is 266 g/mol. The monoisotopic (exact) mass is 266 g/mol. The second kappa shape index (κ2) is 5.41. The first-order chi connectivity index (χ1) is 8.58. The van der Waals surface area contributed by atoms with Crippen LogP contribution >= 0.6 is 11.3 Å². The highest BCUT2D eigenvalue weighted by Gasteiger charge is 2.37. The maximum Gasteiger partial charge on any atom is 0.264 e. The zero-order valence-corrected chi connectivity index (χ0v) is 12.3. The molecule has 1 saturated heterocycles. The number of likely N-dealkylation sites (tertiary alicyclic amines) is 1. The molecule has 1 atom stereocenters. The van der Waals surface area contributed by atoms with Crippen LogP contribution in [0.5, 0.6) is 0 Å². The van der Waals surface area contributed by atoms with Crippen LogP contribution in [-0.2, 0) is 0 Å². The third-order valence-electron chi connectivity index (χ3n) is 3.86. The molecule has 1 unspecified atom stereocenters. The van der Waals surface area contributed by atoms with E-state index in [1.807, 2.05) is 25.4 Å². The highest BCUT2D eigenvalue weighted by atomic mass is 32.1. The van der Waals surface area contributed by atoms with Crippen LogP contribution in [0.2, 0.25) is 0 Å². The number of hydrogen-bond acceptors (Lipinski definition) is 3. The topological polar surface area (TPSA) is 32.3 Å². The average Bonchev–Trinajstić information content (AvgIpc) is 2.75. The van der Waals surface area contributed by atoms with Crippen molar-refractivity contribution in [1.82, 2.24) is 10.2 Å². The van der Waals surface area contributed by atoms with Gasteiger partial charge in [-0.15, -0.1) is 11.3 Å². The number of likely N-dealkylation sites (N-methyl/N-ethyl adjacent to an activating group) is 1. The second-order valence-electron chi connectivity index (χ2n) is 5.37. The summed E-state index contributed by atoms with van der Waals surface area (Å²) < 4.78 is 0. The summed E-state index contributed by atoms with van der Waals surface area (Å²) in [6, 6.07) is 2.03. The van der Waals surface area contributed by atoms with Crippen LogP contribution in [0, 0.1) is 6.92 Å². The Morgan fingerprint density at radius 2 is 2.33 bits per heavy atom. The van der Waals surface area contributed by atoms with Crippen LogP contribution in [0.1, 0.15) is 41.4 Å². The minimum atomic E-state index is -0.0412. The quantitative estimate of drug-likeness (QED) is 0.912.